The molecule has 17 heavy (non-hydrogen) atoms. The lowest BCUT2D eigenvalue weighted by molar-refractivity contribution is 0.0697. The van der Waals surface area contributed by atoms with Gasteiger partial charge in [-0.15, -0.1) is 11.3 Å². The van der Waals surface area contributed by atoms with Crippen LogP contribution in [0.25, 0.3) is 10.6 Å². The number of carboxylic acid groups (broad SMARTS) is 1. The number of thiazole rings is 1. The molecule has 3 nitrogen and oxygen atoms in total. The number of nitrogens with zero attached hydrogens (tertiary/aromatic N) is 1. The minimum absolute atomic E-state index is 0.300. The van der Waals surface area contributed by atoms with Crippen LogP contribution in [0.3, 0.4) is 0 Å². The van der Waals surface area contributed by atoms with Crippen molar-refractivity contribution in [3.63, 3.8) is 0 Å². The fourth-order valence-electron chi connectivity index (χ4n) is 1.44. The van der Waals surface area contributed by atoms with Gasteiger partial charge in [0.1, 0.15) is 5.01 Å². The van der Waals surface area contributed by atoms with Crippen molar-refractivity contribution in [3.05, 3.63) is 40.9 Å². The average Bonchev–Trinajstić information content (AvgIpc) is 2.78. The number of rotatable bonds is 3. The number of carboxylic acids is 1. The maximum absolute atomic E-state index is 10.7. The number of aromatic carboxylic acids is 1. The van der Waals surface area contributed by atoms with E-state index in [1.165, 1.54) is 0 Å². The fraction of sp³-hybridized carbons (Fsp3) is 0.231. The van der Waals surface area contributed by atoms with Crippen molar-refractivity contribution in [3.8, 4) is 10.6 Å². The van der Waals surface area contributed by atoms with E-state index in [2.05, 4.69) is 18.8 Å². The molecule has 2 rings (SSSR count). The van der Waals surface area contributed by atoms with E-state index in [0.29, 0.717) is 11.5 Å². The van der Waals surface area contributed by atoms with Crippen LogP contribution in [0.4, 0.5) is 0 Å². The third kappa shape index (κ3) is 2.53. The lowest BCUT2D eigenvalue weighted by Gasteiger charge is -1.99. The highest BCUT2D eigenvalue weighted by Gasteiger charge is 2.08. The quantitative estimate of drug-likeness (QED) is 0.901. The molecule has 0 radical (unpaired) electrons. The van der Waals surface area contributed by atoms with Gasteiger partial charge >= 0.3 is 5.97 Å². The monoisotopic (exact) mass is 247 g/mol. The molecule has 88 valence electrons. The first-order valence-corrected chi connectivity index (χ1v) is 6.25. The van der Waals surface area contributed by atoms with Crippen LogP contribution in [-0.4, -0.2) is 16.1 Å². The van der Waals surface area contributed by atoms with Gasteiger partial charge in [-0.2, -0.15) is 0 Å². The lowest BCUT2D eigenvalue weighted by Crippen LogP contribution is -1.95. The number of aromatic nitrogens is 1. The fourth-order valence-corrected chi connectivity index (χ4v) is 2.43. The summed E-state index contributed by atoms with van der Waals surface area (Å²) in [5.41, 5.74) is 2.34. The highest BCUT2D eigenvalue weighted by atomic mass is 32.1. The van der Waals surface area contributed by atoms with Gasteiger partial charge in [-0.3, -0.25) is 0 Å². The molecule has 0 aliphatic carbocycles. The molecular weight excluding hydrogens is 234 g/mol. The van der Waals surface area contributed by atoms with Crippen molar-refractivity contribution >= 4 is 17.3 Å². The molecule has 0 aliphatic rings. The van der Waals surface area contributed by atoms with Gasteiger partial charge in [-0.05, 0) is 18.1 Å². The van der Waals surface area contributed by atoms with E-state index in [-0.39, 0.29) is 0 Å². The minimum Gasteiger partial charge on any atom is -0.478 e. The SMILES string of the molecule is CC(C)c1csc(-c2ccc(C(=O)O)cc2)n1. The second kappa shape index (κ2) is 4.67. The van der Waals surface area contributed by atoms with Gasteiger partial charge in [-0.25, -0.2) is 9.78 Å². The Hall–Kier alpha value is -1.68. The average molecular weight is 247 g/mol. The van der Waals surface area contributed by atoms with Crippen LogP contribution < -0.4 is 0 Å². The molecule has 1 aromatic heterocycles. The zero-order valence-electron chi connectivity index (χ0n) is 9.68. The van der Waals surface area contributed by atoms with E-state index < -0.39 is 5.97 Å². The largest absolute Gasteiger partial charge is 0.478 e. The standard InChI is InChI=1S/C13H13NO2S/c1-8(2)11-7-17-12(14-11)9-3-5-10(6-4-9)13(15)16/h3-8H,1-2H3,(H,15,16). The third-order valence-corrected chi connectivity index (χ3v) is 3.40. The topological polar surface area (TPSA) is 50.2 Å². The summed E-state index contributed by atoms with van der Waals surface area (Å²) in [7, 11) is 0. The summed E-state index contributed by atoms with van der Waals surface area (Å²) < 4.78 is 0. The van der Waals surface area contributed by atoms with Crippen LogP contribution >= 0.6 is 11.3 Å². The van der Waals surface area contributed by atoms with Crippen molar-refractivity contribution in [2.24, 2.45) is 0 Å². The summed E-state index contributed by atoms with van der Waals surface area (Å²) in [5.74, 6) is -0.489. The van der Waals surface area contributed by atoms with E-state index in [0.717, 1.165) is 16.3 Å². The van der Waals surface area contributed by atoms with Crippen LogP contribution in [-0.2, 0) is 0 Å². The van der Waals surface area contributed by atoms with Gasteiger partial charge in [0.25, 0.3) is 0 Å². The van der Waals surface area contributed by atoms with Crippen molar-refractivity contribution in [2.45, 2.75) is 19.8 Å². The van der Waals surface area contributed by atoms with Gasteiger partial charge in [0.15, 0.2) is 0 Å². The van der Waals surface area contributed by atoms with Crippen molar-refractivity contribution in [1.82, 2.24) is 4.98 Å². The van der Waals surface area contributed by atoms with Crippen LogP contribution in [0, 0.1) is 0 Å². The molecule has 0 spiro atoms. The Kier molecular flexibility index (Phi) is 3.24. The Morgan fingerprint density at radius 3 is 2.41 bits per heavy atom. The molecule has 1 heterocycles. The van der Waals surface area contributed by atoms with Gasteiger partial charge in [0.2, 0.25) is 0 Å². The summed E-state index contributed by atoms with van der Waals surface area (Å²) in [6, 6.07) is 6.81. The molecule has 0 aliphatic heterocycles. The lowest BCUT2D eigenvalue weighted by atomic mass is 10.1. The van der Waals surface area contributed by atoms with Gasteiger partial charge in [-0.1, -0.05) is 26.0 Å². The molecule has 1 N–H and O–H groups in total. The van der Waals surface area contributed by atoms with E-state index in [1.54, 1.807) is 35.6 Å². The molecule has 2 aromatic rings. The second-order valence-electron chi connectivity index (χ2n) is 4.11. The normalized spacial score (nSPS) is 10.8. The highest BCUT2D eigenvalue weighted by Crippen LogP contribution is 2.26. The number of hydrogen-bond donors (Lipinski definition) is 1. The van der Waals surface area contributed by atoms with Gasteiger partial charge in [0, 0.05) is 10.9 Å². The van der Waals surface area contributed by atoms with Crippen molar-refractivity contribution in [1.29, 1.82) is 0 Å². The van der Waals surface area contributed by atoms with E-state index in [4.69, 9.17) is 5.11 Å². The first kappa shape index (κ1) is 11.8. The maximum atomic E-state index is 10.7. The molecule has 4 heteroatoms. The second-order valence-corrected chi connectivity index (χ2v) is 4.97. The number of benzene rings is 1. The van der Waals surface area contributed by atoms with Gasteiger partial charge in [0.05, 0.1) is 11.3 Å². The summed E-state index contributed by atoms with van der Waals surface area (Å²) in [4.78, 5) is 15.3. The highest BCUT2D eigenvalue weighted by molar-refractivity contribution is 7.13. The Balaban J connectivity index is 2.30. The molecule has 0 unspecified atom stereocenters. The zero-order valence-corrected chi connectivity index (χ0v) is 10.5. The minimum atomic E-state index is -0.904. The molecule has 0 atom stereocenters. The molecule has 0 bridgehead atoms. The van der Waals surface area contributed by atoms with E-state index >= 15 is 0 Å². The molecule has 0 fully saturated rings. The summed E-state index contributed by atoms with van der Waals surface area (Å²) in [6.07, 6.45) is 0. The van der Waals surface area contributed by atoms with Crippen LogP contribution in [0.15, 0.2) is 29.6 Å². The Morgan fingerprint density at radius 2 is 1.94 bits per heavy atom. The zero-order chi connectivity index (χ0) is 12.4. The number of carbonyl (C=O) groups is 1. The van der Waals surface area contributed by atoms with Crippen molar-refractivity contribution in [2.75, 3.05) is 0 Å². The maximum Gasteiger partial charge on any atom is 0.335 e. The Bertz CT molecular complexity index is 529. The van der Waals surface area contributed by atoms with E-state index in [1.807, 2.05) is 5.38 Å². The molecular formula is C13H13NO2S. The Morgan fingerprint density at radius 1 is 1.29 bits per heavy atom. The predicted octanol–water partition coefficient (Wildman–Crippen LogP) is 3.63. The third-order valence-electron chi connectivity index (χ3n) is 2.49. The van der Waals surface area contributed by atoms with Crippen LogP contribution in [0.1, 0.15) is 35.8 Å². The predicted molar refractivity (Wildman–Crippen MR) is 68.6 cm³/mol. The summed E-state index contributed by atoms with van der Waals surface area (Å²) >= 11 is 1.59. The molecule has 0 amide bonds. The van der Waals surface area contributed by atoms with Gasteiger partial charge < -0.3 is 5.11 Å². The van der Waals surface area contributed by atoms with Crippen molar-refractivity contribution < 1.29 is 9.90 Å². The van der Waals surface area contributed by atoms with Crippen LogP contribution in [0.2, 0.25) is 0 Å². The molecule has 0 saturated heterocycles. The first-order chi connectivity index (χ1) is 8.08. The summed E-state index contributed by atoms with van der Waals surface area (Å²) in [5, 5.41) is 11.8. The van der Waals surface area contributed by atoms with Crippen LogP contribution in [0.5, 0.6) is 0 Å². The van der Waals surface area contributed by atoms with E-state index in [9.17, 15) is 4.79 Å². The first-order valence-electron chi connectivity index (χ1n) is 5.37. The smallest absolute Gasteiger partial charge is 0.335 e. The summed E-state index contributed by atoms with van der Waals surface area (Å²) in [6.45, 7) is 4.21. The molecule has 1 aromatic carbocycles. The Labute approximate surface area is 104 Å². The number of hydrogen-bond acceptors (Lipinski definition) is 3. The molecule has 0 saturated carbocycles.